The molecule has 1 saturated heterocycles. The molecule has 150 valence electrons. The van der Waals surface area contributed by atoms with Crippen molar-refractivity contribution in [3.8, 4) is 5.75 Å². The number of hydrogen-bond donors (Lipinski definition) is 1. The van der Waals surface area contributed by atoms with E-state index in [2.05, 4.69) is 5.32 Å². The second-order valence-electron chi connectivity index (χ2n) is 6.87. The number of methoxy groups -OCH3 is 1. The quantitative estimate of drug-likeness (QED) is 0.722. The highest BCUT2D eigenvalue weighted by molar-refractivity contribution is 7.91. The summed E-state index contributed by atoms with van der Waals surface area (Å²) in [6.45, 7) is 3.88. The number of nitrogens with zero attached hydrogens (tertiary/aromatic N) is 1. The van der Waals surface area contributed by atoms with Crippen molar-refractivity contribution in [1.29, 1.82) is 0 Å². The standard InChI is InChI=1S/C19H28N2O5S/c1-4-10-21(16-9-11-27(24,25)13-16)19(23)12-18(20-14(2)22)15-5-7-17(26-3)8-6-15/h5-8,16,18H,4,9-13H2,1-3H3,(H,20,22)/t16-,18+/m1/s1. The predicted octanol–water partition coefficient (Wildman–Crippen LogP) is 1.69. The average Bonchev–Trinajstić information content (AvgIpc) is 2.98. The number of amides is 2. The number of benzene rings is 1. The van der Waals surface area contributed by atoms with Crippen LogP contribution in [0.1, 0.15) is 44.7 Å². The molecule has 8 heteroatoms. The summed E-state index contributed by atoms with van der Waals surface area (Å²) < 4.78 is 28.8. The fraction of sp³-hybridized carbons (Fsp3) is 0.579. The summed E-state index contributed by atoms with van der Waals surface area (Å²) in [6, 6.07) is 6.44. The Morgan fingerprint density at radius 2 is 1.96 bits per heavy atom. The lowest BCUT2D eigenvalue weighted by Gasteiger charge is -2.30. The number of carbonyl (C=O) groups excluding carboxylic acids is 2. The molecular formula is C19H28N2O5S. The minimum Gasteiger partial charge on any atom is -0.497 e. The van der Waals surface area contributed by atoms with Crippen molar-refractivity contribution < 1.29 is 22.7 Å². The summed E-state index contributed by atoms with van der Waals surface area (Å²) in [4.78, 5) is 26.3. The van der Waals surface area contributed by atoms with Gasteiger partial charge in [0, 0.05) is 19.5 Å². The van der Waals surface area contributed by atoms with Crippen LogP contribution in [0.2, 0.25) is 0 Å². The first kappa shape index (κ1) is 21.2. The Morgan fingerprint density at radius 1 is 1.30 bits per heavy atom. The van der Waals surface area contributed by atoms with Crippen LogP contribution in [-0.2, 0) is 19.4 Å². The number of nitrogens with one attached hydrogen (secondary N) is 1. The van der Waals surface area contributed by atoms with Crippen LogP contribution < -0.4 is 10.1 Å². The fourth-order valence-electron chi connectivity index (χ4n) is 3.40. The molecule has 27 heavy (non-hydrogen) atoms. The van der Waals surface area contributed by atoms with Crippen molar-refractivity contribution in [3.05, 3.63) is 29.8 Å². The molecule has 1 heterocycles. The summed E-state index contributed by atoms with van der Waals surface area (Å²) in [5.41, 5.74) is 0.801. The van der Waals surface area contributed by atoms with Crippen LogP contribution in [0.15, 0.2) is 24.3 Å². The number of sulfone groups is 1. The maximum absolute atomic E-state index is 13.0. The second-order valence-corrected chi connectivity index (χ2v) is 9.10. The summed E-state index contributed by atoms with van der Waals surface area (Å²) in [5.74, 6) is 0.461. The molecule has 1 aliphatic rings. The molecule has 0 bridgehead atoms. The van der Waals surface area contributed by atoms with Gasteiger partial charge >= 0.3 is 0 Å². The summed E-state index contributed by atoms with van der Waals surface area (Å²) >= 11 is 0. The van der Waals surface area contributed by atoms with Crippen LogP contribution in [0.5, 0.6) is 5.75 Å². The zero-order valence-corrected chi connectivity index (χ0v) is 16.9. The lowest BCUT2D eigenvalue weighted by atomic mass is 10.0. The Kier molecular flexibility index (Phi) is 7.24. The first-order valence-electron chi connectivity index (χ1n) is 9.16. The van der Waals surface area contributed by atoms with Crippen LogP contribution in [0.3, 0.4) is 0 Å². The van der Waals surface area contributed by atoms with Gasteiger partial charge in [-0.1, -0.05) is 19.1 Å². The lowest BCUT2D eigenvalue weighted by Crippen LogP contribution is -2.43. The maximum Gasteiger partial charge on any atom is 0.225 e. The molecule has 0 aliphatic carbocycles. The molecule has 0 spiro atoms. The number of ether oxygens (including phenoxy) is 1. The minimum absolute atomic E-state index is 0.0199. The second kappa shape index (κ2) is 9.21. The van der Waals surface area contributed by atoms with E-state index < -0.39 is 15.9 Å². The smallest absolute Gasteiger partial charge is 0.225 e. The first-order valence-corrected chi connectivity index (χ1v) is 11.0. The Morgan fingerprint density at radius 3 is 2.44 bits per heavy atom. The summed E-state index contributed by atoms with van der Waals surface area (Å²) in [7, 11) is -1.51. The van der Waals surface area contributed by atoms with E-state index in [1.54, 1.807) is 24.1 Å². The van der Waals surface area contributed by atoms with Crippen LogP contribution in [-0.4, -0.2) is 56.3 Å². The van der Waals surface area contributed by atoms with Gasteiger partial charge in [0.2, 0.25) is 11.8 Å². The van der Waals surface area contributed by atoms with E-state index in [-0.39, 0.29) is 35.8 Å². The van der Waals surface area contributed by atoms with Gasteiger partial charge in [-0.25, -0.2) is 8.42 Å². The predicted molar refractivity (Wildman–Crippen MR) is 103 cm³/mol. The largest absolute Gasteiger partial charge is 0.497 e. The SMILES string of the molecule is CCCN(C(=O)C[C@H](NC(C)=O)c1ccc(OC)cc1)[C@@H]1CCS(=O)(=O)C1. The molecule has 1 fully saturated rings. The van der Waals surface area contributed by atoms with Gasteiger partial charge < -0.3 is 15.0 Å². The average molecular weight is 397 g/mol. The van der Waals surface area contributed by atoms with Crippen molar-refractivity contribution in [3.63, 3.8) is 0 Å². The Labute approximate surface area is 161 Å². The molecule has 0 unspecified atom stereocenters. The molecule has 7 nitrogen and oxygen atoms in total. The van der Waals surface area contributed by atoms with Crippen LogP contribution in [0, 0.1) is 0 Å². The monoisotopic (exact) mass is 396 g/mol. The zero-order valence-electron chi connectivity index (χ0n) is 16.1. The van der Waals surface area contributed by atoms with E-state index in [0.29, 0.717) is 18.7 Å². The topological polar surface area (TPSA) is 92.8 Å². The molecule has 1 aromatic rings. The summed E-state index contributed by atoms with van der Waals surface area (Å²) in [5, 5.41) is 2.82. The molecule has 0 radical (unpaired) electrons. The molecule has 1 N–H and O–H groups in total. The molecule has 2 amide bonds. The van der Waals surface area contributed by atoms with E-state index in [1.807, 2.05) is 19.1 Å². The number of rotatable bonds is 8. The highest BCUT2D eigenvalue weighted by Gasteiger charge is 2.35. The number of hydrogen-bond acceptors (Lipinski definition) is 5. The number of carbonyl (C=O) groups is 2. The van der Waals surface area contributed by atoms with E-state index in [0.717, 1.165) is 12.0 Å². The van der Waals surface area contributed by atoms with E-state index in [9.17, 15) is 18.0 Å². The van der Waals surface area contributed by atoms with Crippen molar-refractivity contribution >= 4 is 21.7 Å². The highest BCUT2D eigenvalue weighted by Crippen LogP contribution is 2.24. The van der Waals surface area contributed by atoms with Crippen LogP contribution >= 0.6 is 0 Å². The first-order chi connectivity index (χ1) is 12.8. The molecule has 1 aromatic carbocycles. The third-order valence-electron chi connectivity index (χ3n) is 4.71. The van der Waals surface area contributed by atoms with Crippen LogP contribution in [0.4, 0.5) is 0 Å². The molecule has 0 aromatic heterocycles. The van der Waals surface area contributed by atoms with Gasteiger partial charge in [0.05, 0.1) is 31.1 Å². The van der Waals surface area contributed by atoms with E-state index >= 15 is 0 Å². The third kappa shape index (κ3) is 5.95. The van der Waals surface area contributed by atoms with Gasteiger partial charge in [-0.3, -0.25) is 9.59 Å². The fourth-order valence-corrected chi connectivity index (χ4v) is 5.13. The Bertz CT molecular complexity index is 761. The Hall–Kier alpha value is -2.09. The van der Waals surface area contributed by atoms with Gasteiger partial charge in [-0.05, 0) is 30.5 Å². The van der Waals surface area contributed by atoms with Crippen molar-refractivity contribution in [1.82, 2.24) is 10.2 Å². The van der Waals surface area contributed by atoms with Gasteiger partial charge in [0.15, 0.2) is 9.84 Å². The normalized spacial score (nSPS) is 19.3. The summed E-state index contributed by atoms with van der Waals surface area (Å²) in [6.07, 6.45) is 1.31. The van der Waals surface area contributed by atoms with E-state index in [1.165, 1.54) is 6.92 Å². The molecule has 2 atom stereocenters. The lowest BCUT2D eigenvalue weighted by molar-refractivity contribution is -0.134. The highest BCUT2D eigenvalue weighted by atomic mass is 32.2. The van der Waals surface area contributed by atoms with Gasteiger partial charge in [0.25, 0.3) is 0 Å². The minimum atomic E-state index is -3.08. The Balaban J connectivity index is 2.17. The van der Waals surface area contributed by atoms with E-state index in [4.69, 9.17) is 4.74 Å². The maximum atomic E-state index is 13.0. The van der Waals surface area contributed by atoms with Gasteiger partial charge in [0.1, 0.15) is 5.75 Å². The molecule has 1 aliphatic heterocycles. The van der Waals surface area contributed by atoms with Crippen molar-refractivity contribution in [2.75, 3.05) is 25.2 Å². The molecule has 2 rings (SSSR count). The van der Waals surface area contributed by atoms with Crippen molar-refractivity contribution in [2.45, 2.75) is 45.2 Å². The zero-order chi connectivity index (χ0) is 20.0. The van der Waals surface area contributed by atoms with Gasteiger partial charge in [-0.15, -0.1) is 0 Å². The van der Waals surface area contributed by atoms with Crippen LogP contribution in [0.25, 0.3) is 0 Å². The third-order valence-corrected chi connectivity index (χ3v) is 6.46. The molecular weight excluding hydrogens is 368 g/mol. The van der Waals surface area contributed by atoms with Crippen molar-refractivity contribution in [2.24, 2.45) is 0 Å². The van der Waals surface area contributed by atoms with Gasteiger partial charge in [-0.2, -0.15) is 0 Å². The molecule has 0 saturated carbocycles.